The topological polar surface area (TPSA) is 25.8 Å². The van der Waals surface area contributed by atoms with Crippen molar-refractivity contribution in [1.29, 1.82) is 0 Å². The third-order valence-corrected chi connectivity index (χ3v) is 13.0. The molecule has 0 amide bonds. The lowest BCUT2D eigenvalue weighted by Crippen LogP contribution is -2.28. The number of aromatic nitrogens is 2. The van der Waals surface area contributed by atoms with Gasteiger partial charge in [0.25, 0.3) is 0 Å². The minimum Gasteiger partial charge on any atom is -0.228 e. The van der Waals surface area contributed by atoms with E-state index in [1.54, 1.807) is 0 Å². The Morgan fingerprint density at radius 2 is 0.778 bits per heavy atom. The molecule has 0 unspecified atom stereocenters. The van der Waals surface area contributed by atoms with E-state index in [0.29, 0.717) is 5.82 Å². The van der Waals surface area contributed by atoms with Crippen LogP contribution in [0.25, 0.3) is 88.8 Å². The second-order valence-corrected chi connectivity index (χ2v) is 16.4. The molecule has 1 aromatic heterocycles. The third kappa shape index (κ3) is 6.02. The third-order valence-electron chi connectivity index (χ3n) is 13.0. The fourth-order valence-electron chi connectivity index (χ4n) is 10.1. The predicted octanol–water partition coefficient (Wildman–Crippen LogP) is 15.5. The van der Waals surface area contributed by atoms with E-state index in [-0.39, 0.29) is 0 Å². The highest BCUT2D eigenvalue weighted by atomic mass is 14.9. The van der Waals surface area contributed by atoms with E-state index < -0.39 is 5.41 Å². The summed E-state index contributed by atoms with van der Waals surface area (Å²) in [6.45, 7) is 0. The van der Waals surface area contributed by atoms with Crippen molar-refractivity contribution in [2.75, 3.05) is 0 Å². The molecule has 0 aliphatic heterocycles. The molecule has 2 heteroatoms. The van der Waals surface area contributed by atoms with Gasteiger partial charge in [0.05, 0.1) is 16.8 Å². The van der Waals surface area contributed by atoms with Crippen molar-refractivity contribution < 1.29 is 0 Å². The van der Waals surface area contributed by atoms with Gasteiger partial charge in [-0.3, -0.25) is 0 Å². The van der Waals surface area contributed by atoms with Crippen molar-refractivity contribution in [3.63, 3.8) is 0 Å². The van der Waals surface area contributed by atoms with E-state index in [4.69, 9.17) is 9.97 Å². The van der Waals surface area contributed by atoms with Gasteiger partial charge >= 0.3 is 0 Å². The van der Waals surface area contributed by atoms with Gasteiger partial charge in [-0.1, -0.05) is 218 Å². The Bertz CT molecular complexity index is 3390. The lowest BCUT2D eigenvalue weighted by atomic mass is 9.67. The molecule has 0 saturated heterocycles. The SMILES string of the molecule is c1ccc(-c2cc(-c3ccccc3)nc(-c3ccc(-c4cccc(-c5ccc6c(c5)-c5c(ccc7ccccc57)C6(c5ccccc5)c5ccccc5)c4)c4ccccc34)n2)cc1. The Balaban J connectivity index is 1.01. The number of rotatable bonds is 7. The predicted molar refractivity (Wildman–Crippen MR) is 262 cm³/mol. The highest BCUT2D eigenvalue weighted by Crippen LogP contribution is 2.58. The number of nitrogens with zero attached hydrogens (tertiary/aromatic N) is 2. The Hall–Kier alpha value is -8.20. The zero-order chi connectivity index (χ0) is 41.7. The first-order valence-corrected chi connectivity index (χ1v) is 21.6. The van der Waals surface area contributed by atoms with Crippen molar-refractivity contribution in [1.82, 2.24) is 9.97 Å². The van der Waals surface area contributed by atoms with Gasteiger partial charge in [-0.2, -0.15) is 0 Å². The van der Waals surface area contributed by atoms with Gasteiger partial charge in [-0.15, -0.1) is 0 Å². The maximum absolute atomic E-state index is 5.21. The monoisotopic (exact) mass is 800 g/mol. The van der Waals surface area contributed by atoms with E-state index in [0.717, 1.165) is 44.4 Å². The number of benzene rings is 10. The summed E-state index contributed by atoms with van der Waals surface area (Å²) in [5.41, 5.74) is 16.9. The molecule has 0 atom stereocenters. The van der Waals surface area contributed by atoms with Crippen molar-refractivity contribution in [2.45, 2.75) is 5.41 Å². The van der Waals surface area contributed by atoms with Crippen LogP contribution in [0.2, 0.25) is 0 Å². The van der Waals surface area contributed by atoms with Gasteiger partial charge in [0.1, 0.15) is 0 Å². The van der Waals surface area contributed by atoms with Crippen LogP contribution in [0.15, 0.2) is 243 Å². The average Bonchev–Trinajstić information content (AvgIpc) is 3.68. The molecule has 0 spiro atoms. The summed E-state index contributed by atoms with van der Waals surface area (Å²) >= 11 is 0. The normalized spacial score (nSPS) is 12.6. The molecule has 12 rings (SSSR count). The summed E-state index contributed by atoms with van der Waals surface area (Å²) in [6, 6.07) is 87.8. The lowest BCUT2D eigenvalue weighted by molar-refractivity contribution is 0.769. The first-order chi connectivity index (χ1) is 31.2. The zero-order valence-corrected chi connectivity index (χ0v) is 34.5. The van der Waals surface area contributed by atoms with E-state index in [9.17, 15) is 0 Å². The van der Waals surface area contributed by atoms with E-state index in [1.165, 1.54) is 60.8 Å². The molecule has 11 aromatic rings. The Morgan fingerprint density at radius 3 is 1.43 bits per heavy atom. The number of fused-ring (bicyclic) bond motifs is 6. The number of hydrogen-bond acceptors (Lipinski definition) is 2. The first kappa shape index (κ1) is 36.6. The van der Waals surface area contributed by atoms with Crippen LogP contribution in [0.4, 0.5) is 0 Å². The van der Waals surface area contributed by atoms with Gasteiger partial charge in [-0.25, -0.2) is 9.97 Å². The molecule has 1 heterocycles. The summed E-state index contributed by atoms with van der Waals surface area (Å²) in [5.74, 6) is 0.708. The second-order valence-electron chi connectivity index (χ2n) is 16.4. The molecule has 0 saturated carbocycles. The zero-order valence-electron chi connectivity index (χ0n) is 34.5. The molecule has 0 fully saturated rings. The molecule has 294 valence electrons. The quantitative estimate of drug-likeness (QED) is 0.160. The summed E-state index contributed by atoms with van der Waals surface area (Å²) < 4.78 is 0. The lowest BCUT2D eigenvalue weighted by Gasteiger charge is -2.34. The van der Waals surface area contributed by atoms with Crippen LogP contribution in [0.3, 0.4) is 0 Å². The molecule has 0 N–H and O–H groups in total. The largest absolute Gasteiger partial charge is 0.228 e. The van der Waals surface area contributed by atoms with Crippen molar-refractivity contribution in [3.8, 4) is 67.3 Å². The van der Waals surface area contributed by atoms with Gasteiger partial charge in [0.2, 0.25) is 0 Å². The van der Waals surface area contributed by atoms with E-state index in [2.05, 4.69) is 231 Å². The Morgan fingerprint density at radius 1 is 0.286 bits per heavy atom. The van der Waals surface area contributed by atoms with Gasteiger partial charge in [0, 0.05) is 16.7 Å². The molecule has 0 radical (unpaired) electrons. The molecule has 2 nitrogen and oxygen atoms in total. The summed E-state index contributed by atoms with van der Waals surface area (Å²) in [6.07, 6.45) is 0. The van der Waals surface area contributed by atoms with Crippen LogP contribution in [-0.4, -0.2) is 9.97 Å². The minimum atomic E-state index is -0.468. The fraction of sp³-hybridized carbons (Fsp3) is 0.0164. The molecule has 10 aromatic carbocycles. The van der Waals surface area contributed by atoms with Crippen LogP contribution in [0, 0.1) is 0 Å². The Labute approximate surface area is 367 Å². The van der Waals surface area contributed by atoms with Crippen molar-refractivity contribution in [3.05, 3.63) is 265 Å². The van der Waals surface area contributed by atoms with E-state index >= 15 is 0 Å². The maximum Gasteiger partial charge on any atom is 0.161 e. The smallest absolute Gasteiger partial charge is 0.161 e. The highest BCUT2D eigenvalue weighted by Gasteiger charge is 2.46. The van der Waals surface area contributed by atoms with Crippen LogP contribution in [0.5, 0.6) is 0 Å². The van der Waals surface area contributed by atoms with Crippen molar-refractivity contribution in [2.24, 2.45) is 0 Å². The molecular weight excluding hydrogens is 761 g/mol. The van der Waals surface area contributed by atoms with Crippen LogP contribution in [0.1, 0.15) is 22.3 Å². The first-order valence-electron chi connectivity index (χ1n) is 21.6. The molecule has 63 heavy (non-hydrogen) atoms. The maximum atomic E-state index is 5.21. The number of hydrogen-bond donors (Lipinski definition) is 0. The van der Waals surface area contributed by atoms with Crippen LogP contribution < -0.4 is 0 Å². The van der Waals surface area contributed by atoms with Crippen molar-refractivity contribution >= 4 is 21.5 Å². The second kappa shape index (κ2) is 15.1. The summed E-state index contributed by atoms with van der Waals surface area (Å²) in [4.78, 5) is 10.4. The molecular formula is C61H40N2. The fourth-order valence-corrected chi connectivity index (χ4v) is 10.1. The highest BCUT2D eigenvalue weighted by molar-refractivity contribution is 6.06. The van der Waals surface area contributed by atoms with Gasteiger partial charge in [-0.05, 0) is 101 Å². The standard InChI is InChI=1S/C61H40N2/c1-5-19-42(20-6-1)57-40-58(43-21-7-2-8-22-43)63-60(62-57)53-35-34-49(51-30-15-16-31-52(51)53)46-24-17-23-44(38-46)45-33-36-55-54(39-45)59-50-29-14-13-18-41(50)32-37-56(59)61(55,47-25-9-3-10-26-47)48-27-11-4-12-28-48/h1-40H. The van der Waals surface area contributed by atoms with Gasteiger partial charge < -0.3 is 0 Å². The average molecular weight is 801 g/mol. The minimum absolute atomic E-state index is 0.468. The summed E-state index contributed by atoms with van der Waals surface area (Å²) in [5, 5.41) is 4.79. The van der Waals surface area contributed by atoms with Gasteiger partial charge in [0.15, 0.2) is 5.82 Å². The molecule has 1 aliphatic rings. The van der Waals surface area contributed by atoms with Crippen LogP contribution in [-0.2, 0) is 5.41 Å². The molecule has 1 aliphatic carbocycles. The van der Waals surface area contributed by atoms with Crippen LogP contribution >= 0.6 is 0 Å². The Kier molecular flexibility index (Phi) is 8.76. The molecule has 0 bridgehead atoms. The summed E-state index contributed by atoms with van der Waals surface area (Å²) in [7, 11) is 0. The van der Waals surface area contributed by atoms with E-state index in [1.807, 2.05) is 12.1 Å².